The number of aryl methyl sites for hydroxylation is 10. The molecule has 15 aromatic rings. The summed E-state index contributed by atoms with van der Waals surface area (Å²) in [6, 6.07) is 83.7. The van der Waals surface area contributed by atoms with E-state index >= 15 is 0 Å². The number of rotatable bonds is 18. The standard InChI is InChI=1S/C24H26N.2C22H22N.2C20H20N.C7H15O.C6H13O.C5H11O.2C4H9O.5Ir/c1-17-12-18(2)14-21(13-17)23-22-7-6-19(15-20(22)8-11-25-23)16-24(3)9-4-5-10-24;2*1-15-11-16(2)13-20(12-15)22-21-8-7-18(17-5-3-4-6-17)14-19(21)9-10-23-22;2*1-13(2)16-5-6-19-17(12-16)7-8-21-20(19)18-10-14(3)9-15(4)11-18;1-5(2)6(3)7(4)8;1-4-6(7)5(2)3;1-4(2)5(3)6;2*1-3-4(2)5;;;;;/h6-8,11-13,15H,4-5,9-10,16H2,1-3H3;2*7-12,14,17H,3-6H2,1-2H3;2*5-10,12-13H,1-4H3;5-8H,3H2,1-2,4H3;5-7H,1,4H2,2-3H3;4-6H,1H2,2-3H3;2*4-5H,1,3H2,2H3;;;;;/q10*-1;;;;;. The molecular formula is C134H167Ir5N5O5-10. The van der Waals surface area contributed by atoms with Crippen LogP contribution in [0.2, 0.25) is 0 Å². The third kappa shape index (κ3) is 41.8. The number of benzene rings is 10. The van der Waals surface area contributed by atoms with E-state index < -0.39 is 0 Å². The summed E-state index contributed by atoms with van der Waals surface area (Å²) in [5, 5.41) is 55.4. The Morgan fingerprint density at radius 1 is 0.315 bits per heavy atom. The fourth-order valence-corrected chi connectivity index (χ4v) is 18.8. The van der Waals surface area contributed by atoms with Crippen LogP contribution < -0.4 is 0 Å². The van der Waals surface area contributed by atoms with Crippen molar-refractivity contribution in [3.8, 4) is 56.3 Å². The number of hydrogen-bond acceptors (Lipinski definition) is 10. The van der Waals surface area contributed by atoms with Crippen LogP contribution in [0.3, 0.4) is 0 Å². The zero-order valence-corrected chi connectivity index (χ0v) is 105. The first kappa shape index (κ1) is 134. The van der Waals surface area contributed by atoms with E-state index in [2.05, 4.69) is 390 Å². The maximum atomic E-state index is 8.93. The molecular weight excluding hydrogens is 2720 g/mol. The van der Waals surface area contributed by atoms with Gasteiger partial charge in [-0.3, -0.25) is 0 Å². The minimum Gasteiger partial charge on any atom is -0.396 e. The molecule has 0 aliphatic heterocycles. The van der Waals surface area contributed by atoms with E-state index in [1.165, 1.54) is 210 Å². The second-order valence-corrected chi connectivity index (χ2v) is 42.8. The number of nitrogens with zero attached hydrogens (tertiary/aromatic N) is 5. The monoisotopic (exact) mass is 2890 g/mol. The van der Waals surface area contributed by atoms with Gasteiger partial charge in [0, 0.05) is 162 Å². The first-order valence-electron chi connectivity index (χ1n) is 52.9. The molecule has 10 nitrogen and oxygen atoms in total. The number of aliphatic hydroxyl groups is 5. The van der Waals surface area contributed by atoms with Crippen molar-refractivity contribution >= 4 is 53.9 Å². The van der Waals surface area contributed by atoms with Crippen LogP contribution in [0.5, 0.6) is 0 Å². The summed E-state index contributed by atoms with van der Waals surface area (Å²) in [5.74, 6) is 3.76. The van der Waals surface area contributed by atoms with E-state index in [4.69, 9.17) is 25.5 Å². The molecule has 0 bridgehead atoms. The van der Waals surface area contributed by atoms with Crippen molar-refractivity contribution in [2.75, 3.05) is 0 Å². The van der Waals surface area contributed by atoms with Gasteiger partial charge in [-0.05, 0) is 248 Å². The van der Waals surface area contributed by atoms with Gasteiger partial charge in [-0.15, -0.1) is 186 Å². The van der Waals surface area contributed by atoms with Gasteiger partial charge in [0.15, 0.2) is 0 Å². The Kier molecular flexibility index (Phi) is 59.0. The van der Waals surface area contributed by atoms with E-state index in [0.717, 1.165) is 79.2 Å². The van der Waals surface area contributed by atoms with Gasteiger partial charge in [0.1, 0.15) is 0 Å². The van der Waals surface area contributed by atoms with Gasteiger partial charge in [-0.25, -0.2) is 0 Å². The molecule has 18 rings (SSSR count). The van der Waals surface area contributed by atoms with Crippen LogP contribution in [0.4, 0.5) is 0 Å². The van der Waals surface area contributed by atoms with Crippen LogP contribution in [-0.2, 0) is 107 Å². The van der Waals surface area contributed by atoms with E-state index in [1.807, 2.05) is 51.8 Å². The summed E-state index contributed by atoms with van der Waals surface area (Å²) in [6.07, 6.45) is 27.8. The Bertz CT molecular complexity index is 6160. The molecule has 0 saturated heterocycles. The number of pyridine rings is 5. The number of hydrogen-bond donors (Lipinski definition) is 5. The molecule has 0 amide bonds. The Morgan fingerprint density at radius 3 is 0.785 bits per heavy atom. The van der Waals surface area contributed by atoms with Crippen LogP contribution >= 0.6 is 0 Å². The SMILES string of the molecule is Cc1[c-]c(-c2nccc3cc(C(C)C)ccc23)cc(C)c1.Cc1[c-]c(-c2nccc3cc(C(C)C)ccc23)cc(C)c1.Cc1[c-]c(-c2nccc3cc(C4CCCC4)ccc23)cc(C)c1.Cc1[c-]c(-c2nccc3cc(C4CCCC4)ccc23)cc(C)c1.Cc1[c-]c(-c2nccc3cc(CC4(C)CCCC4)ccc23)cc(C)c1.[CH2-]C(C(C)C)C(C)O.[CH2-]C(C)C(C)O.[CH2-]CC(C)O.[CH2-]CC(C)O.[CH2-]CC(O)C(C)C.[Ir].[Ir].[Ir].[Ir].[Ir]. The van der Waals surface area contributed by atoms with Crippen molar-refractivity contribution in [1.82, 2.24) is 24.9 Å². The fourth-order valence-electron chi connectivity index (χ4n) is 18.8. The zero-order valence-electron chi connectivity index (χ0n) is 93.2. The van der Waals surface area contributed by atoms with Crippen LogP contribution in [0.1, 0.15) is 300 Å². The molecule has 15 heteroatoms. The van der Waals surface area contributed by atoms with Crippen molar-refractivity contribution in [2.45, 2.75) is 323 Å². The first-order chi connectivity index (χ1) is 68.4. The van der Waals surface area contributed by atoms with Gasteiger partial charge in [-0.1, -0.05) is 274 Å². The average Bonchev–Trinajstić information content (AvgIpc) is 1.78. The molecule has 3 fully saturated rings. The molecule has 3 saturated carbocycles. The summed E-state index contributed by atoms with van der Waals surface area (Å²) in [6.45, 7) is 67.1. The molecule has 5 heterocycles. The van der Waals surface area contributed by atoms with E-state index in [-0.39, 0.29) is 143 Å². The van der Waals surface area contributed by atoms with E-state index in [0.29, 0.717) is 48.3 Å². The molecule has 7 atom stereocenters. The molecule has 10 aromatic carbocycles. The third-order valence-electron chi connectivity index (χ3n) is 27.6. The first-order valence-corrected chi connectivity index (χ1v) is 52.9. The van der Waals surface area contributed by atoms with Gasteiger partial charge >= 0.3 is 0 Å². The minimum absolute atomic E-state index is 0. The van der Waals surface area contributed by atoms with Gasteiger partial charge < -0.3 is 85.1 Å². The van der Waals surface area contributed by atoms with Gasteiger partial charge in [-0.2, -0.15) is 19.3 Å². The van der Waals surface area contributed by atoms with E-state index in [9.17, 15) is 0 Å². The summed E-state index contributed by atoms with van der Waals surface area (Å²) in [7, 11) is 0. The quantitative estimate of drug-likeness (QED) is 0.0522. The molecule has 7 unspecified atom stereocenters. The van der Waals surface area contributed by atoms with Crippen LogP contribution in [-0.4, -0.2) is 81.0 Å². The molecule has 5 aromatic heterocycles. The number of fused-ring (bicyclic) bond motifs is 5. The molecule has 813 valence electrons. The third-order valence-corrected chi connectivity index (χ3v) is 27.6. The topological polar surface area (TPSA) is 166 Å². The Balaban J connectivity index is 0.000000359. The van der Waals surface area contributed by atoms with Crippen molar-refractivity contribution in [3.05, 3.63) is 361 Å². The predicted octanol–water partition coefficient (Wildman–Crippen LogP) is 34.0. The summed E-state index contributed by atoms with van der Waals surface area (Å²) in [4.78, 5) is 23.2. The second-order valence-electron chi connectivity index (χ2n) is 42.8. The molecule has 5 N–H and O–H groups in total. The maximum absolute atomic E-state index is 8.93. The maximum Gasteiger partial charge on any atom is 0.0292 e. The minimum atomic E-state index is -0.269. The Hall–Kier alpha value is -7.70. The van der Waals surface area contributed by atoms with Crippen LogP contribution in [0.25, 0.3) is 110 Å². The summed E-state index contributed by atoms with van der Waals surface area (Å²) < 4.78 is 0. The van der Waals surface area contributed by atoms with Crippen LogP contribution in [0, 0.1) is 163 Å². The smallest absolute Gasteiger partial charge is 0.0292 e. The largest absolute Gasteiger partial charge is 0.396 e. The predicted molar refractivity (Wildman–Crippen MR) is 614 cm³/mol. The molecule has 149 heavy (non-hydrogen) atoms. The van der Waals surface area contributed by atoms with Crippen molar-refractivity contribution < 1.29 is 126 Å². The zero-order chi connectivity index (χ0) is 105. The summed E-state index contributed by atoms with van der Waals surface area (Å²) >= 11 is 0. The molecule has 0 spiro atoms. The Labute approximate surface area is 965 Å². The number of aliphatic hydroxyl groups excluding tert-OH is 5. The van der Waals surface area contributed by atoms with Crippen molar-refractivity contribution in [3.63, 3.8) is 0 Å². The normalized spacial score (nSPS) is 14.2. The van der Waals surface area contributed by atoms with Gasteiger partial charge in [0.25, 0.3) is 0 Å². The average molecular weight is 2890 g/mol. The van der Waals surface area contributed by atoms with Crippen LogP contribution in [0.15, 0.2) is 213 Å². The molecule has 3 aliphatic rings. The fraction of sp³-hybridized carbons (Fsp3) is 0.403. The van der Waals surface area contributed by atoms with Crippen molar-refractivity contribution in [2.24, 2.45) is 29.1 Å². The van der Waals surface area contributed by atoms with E-state index in [1.54, 1.807) is 27.7 Å². The molecule has 5 radical (unpaired) electrons. The van der Waals surface area contributed by atoms with Crippen molar-refractivity contribution in [1.29, 1.82) is 0 Å². The van der Waals surface area contributed by atoms with Gasteiger partial charge in [0.2, 0.25) is 0 Å². The van der Waals surface area contributed by atoms with Gasteiger partial charge in [0.05, 0.1) is 0 Å². The second kappa shape index (κ2) is 65.9. The number of aromatic nitrogens is 5. The summed E-state index contributed by atoms with van der Waals surface area (Å²) in [5.41, 5.74) is 30.4. The molecule has 3 aliphatic carbocycles. The Morgan fingerprint density at radius 2 is 0.570 bits per heavy atom.